The fourth-order valence-corrected chi connectivity index (χ4v) is 4.30. The number of carbonyl (C=O) groups excluding carboxylic acids is 1. The van der Waals surface area contributed by atoms with Crippen molar-refractivity contribution in [3.8, 4) is 11.1 Å². The molecule has 148 valence electrons. The molecule has 1 aliphatic rings. The van der Waals surface area contributed by atoms with Crippen LogP contribution in [0.3, 0.4) is 0 Å². The molecule has 4 heteroatoms. The number of hydrogen-bond acceptors (Lipinski definition) is 3. The molecule has 3 rings (SSSR count). The van der Waals surface area contributed by atoms with Gasteiger partial charge in [-0.2, -0.15) is 4.91 Å². The Morgan fingerprint density at radius 2 is 1.61 bits per heavy atom. The van der Waals surface area contributed by atoms with E-state index in [1.807, 2.05) is 18.2 Å². The molecule has 0 unspecified atom stereocenters. The molecule has 0 aromatic heterocycles. The SMILES string of the molecule is CC(=O)Nc1ccc(CN=O)cc1-c1cc2c(cc1C)C(C)(C)CCC2(C)C. The summed E-state index contributed by atoms with van der Waals surface area (Å²) in [4.78, 5) is 22.5. The molecular weight excluding hydrogens is 348 g/mol. The van der Waals surface area contributed by atoms with Crippen LogP contribution in [0, 0.1) is 11.8 Å². The van der Waals surface area contributed by atoms with Gasteiger partial charge in [-0.15, -0.1) is 0 Å². The average molecular weight is 379 g/mol. The molecular formula is C24H30N2O2. The summed E-state index contributed by atoms with van der Waals surface area (Å²) < 4.78 is 0. The molecule has 4 nitrogen and oxygen atoms in total. The maximum Gasteiger partial charge on any atom is 0.221 e. The Kier molecular flexibility index (Phi) is 5.18. The molecule has 0 bridgehead atoms. The highest BCUT2D eigenvalue weighted by molar-refractivity contribution is 5.95. The number of fused-ring (bicyclic) bond motifs is 1. The van der Waals surface area contributed by atoms with E-state index in [-0.39, 0.29) is 23.3 Å². The van der Waals surface area contributed by atoms with E-state index >= 15 is 0 Å². The van der Waals surface area contributed by atoms with Crippen LogP contribution in [0.1, 0.15) is 69.7 Å². The number of anilines is 1. The second kappa shape index (κ2) is 7.16. The first-order valence-corrected chi connectivity index (χ1v) is 9.91. The first kappa shape index (κ1) is 20.2. The molecule has 1 N–H and O–H groups in total. The Labute approximate surface area is 167 Å². The van der Waals surface area contributed by atoms with Crippen LogP contribution < -0.4 is 5.32 Å². The number of aryl methyl sites for hydroxylation is 1. The van der Waals surface area contributed by atoms with Gasteiger partial charge in [0.05, 0.1) is 0 Å². The van der Waals surface area contributed by atoms with Crippen LogP contribution in [0.5, 0.6) is 0 Å². The number of nitroso groups, excluding NO2 is 1. The molecule has 0 saturated carbocycles. The lowest BCUT2D eigenvalue weighted by Crippen LogP contribution is -2.34. The van der Waals surface area contributed by atoms with Gasteiger partial charge in [-0.25, -0.2) is 0 Å². The highest BCUT2D eigenvalue weighted by Crippen LogP contribution is 2.48. The fraction of sp³-hybridized carbons (Fsp3) is 0.458. The summed E-state index contributed by atoms with van der Waals surface area (Å²) in [5.41, 5.74) is 7.85. The lowest BCUT2D eigenvalue weighted by molar-refractivity contribution is -0.114. The van der Waals surface area contributed by atoms with Crippen molar-refractivity contribution in [1.29, 1.82) is 0 Å². The smallest absolute Gasteiger partial charge is 0.221 e. The second-order valence-electron chi connectivity index (χ2n) is 9.33. The first-order valence-electron chi connectivity index (χ1n) is 9.91. The molecule has 0 saturated heterocycles. The number of benzene rings is 2. The minimum absolute atomic E-state index is 0.101. The normalized spacial score (nSPS) is 16.9. The molecule has 28 heavy (non-hydrogen) atoms. The van der Waals surface area contributed by atoms with Crippen molar-refractivity contribution in [2.24, 2.45) is 5.18 Å². The maximum atomic E-state index is 11.7. The third kappa shape index (κ3) is 3.73. The van der Waals surface area contributed by atoms with Gasteiger partial charge < -0.3 is 5.32 Å². The van der Waals surface area contributed by atoms with E-state index in [4.69, 9.17) is 0 Å². The van der Waals surface area contributed by atoms with Crippen molar-refractivity contribution >= 4 is 11.6 Å². The van der Waals surface area contributed by atoms with Crippen molar-refractivity contribution in [3.05, 3.63) is 57.5 Å². The summed E-state index contributed by atoms with van der Waals surface area (Å²) in [5.74, 6) is -0.111. The van der Waals surface area contributed by atoms with Gasteiger partial charge >= 0.3 is 0 Å². The van der Waals surface area contributed by atoms with Crippen LogP contribution in [0.15, 0.2) is 35.5 Å². The van der Waals surface area contributed by atoms with E-state index in [0.717, 1.165) is 28.8 Å². The van der Waals surface area contributed by atoms with Gasteiger partial charge in [-0.1, -0.05) is 45.0 Å². The van der Waals surface area contributed by atoms with Crippen LogP contribution >= 0.6 is 0 Å². The minimum Gasteiger partial charge on any atom is -0.326 e. The average Bonchev–Trinajstić information content (AvgIpc) is 2.60. The van der Waals surface area contributed by atoms with E-state index in [9.17, 15) is 9.70 Å². The third-order valence-electron chi connectivity index (χ3n) is 6.13. The van der Waals surface area contributed by atoms with Gasteiger partial charge in [-0.05, 0) is 76.6 Å². The Balaban J connectivity index is 2.25. The van der Waals surface area contributed by atoms with E-state index in [1.54, 1.807) is 0 Å². The van der Waals surface area contributed by atoms with Crippen LogP contribution in [-0.4, -0.2) is 5.91 Å². The van der Waals surface area contributed by atoms with E-state index < -0.39 is 0 Å². The van der Waals surface area contributed by atoms with Crippen molar-refractivity contribution in [3.63, 3.8) is 0 Å². The topological polar surface area (TPSA) is 58.5 Å². The molecule has 2 aromatic rings. The van der Waals surface area contributed by atoms with Crippen molar-refractivity contribution in [2.45, 2.75) is 71.8 Å². The number of amides is 1. The predicted octanol–water partition coefficient (Wildman–Crippen LogP) is 6.24. The Morgan fingerprint density at radius 1 is 1.00 bits per heavy atom. The number of nitrogens with one attached hydrogen (secondary N) is 1. The van der Waals surface area contributed by atoms with E-state index in [1.165, 1.54) is 30.0 Å². The zero-order valence-corrected chi connectivity index (χ0v) is 17.8. The van der Waals surface area contributed by atoms with Gasteiger partial charge in [0.1, 0.15) is 6.54 Å². The summed E-state index contributed by atoms with van der Waals surface area (Å²) in [5, 5.41) is 5.97. The molecule has 0 atom stereocenters. The summed E-state index contributed by atoms with van der Waals surface area (Å²) in [6.07, 6.45) is 2.31. The summed E-state index contributed by atoms with van der Waals surface area (Å²) in [7, 11) is 0. The lowest BCUT2D eigenvalue weighted by Gasteiger charge is -2.42. The number of hydrogen-bond donors (Lipinski definition) is 1. The Hall–Kier alpha value is -2.49. The van der Waals surface area contributed by atoms with Gasteiger partial charge in [0, 0.05) is 18.2 Å². The largest absolute Gasteiger partial charge is 0.326 e. The molecule has 1 aliphatic carbocycles. The monoisotopic (exact) mass is 378 g/mol. The van der Waals surface area contributed by atoms with Crippen molar-refractivity contribution in [1.82, 2.24) is 0 Å². The highest BCUT2D eigenvalue weighted by atomic mass is 16.3. The molecule has 1 amide bonds. The van der Waals surface area contributed by atoms with Crippen molar-refractivity contribution < 1.29 is 4.79 Å². The van der Waals surface area contributed by atoms with E-state index in [0.29, 0.717) is 0 Å². The molecule has 0 spiro atoms. The van der Waals surface area contributed by atoms with Gasteiger partial charge in [0.2, 0.25) is 5.91 Å². The number of rotatable bonds is 4. The predicted molar refractivity (Wildman–Crippen MR) is 116 cm³/mol. The van der Waals surface area contributed by atoms with Gasteiger partial charge in [0.15, 0.2) is 0 Å². The fourth-order valence-electron chi connectivity index (χ4n) is 4.30. The molecule has 2 aromatic carbocycles. The van der Waals surface area contributed by atoms with Crippen LogP contribution in [0.2, 0.25) is 0 Å². The zero-order valence-electron chi connectivity index (χ0n) is 17.8. The Morgan fingerprint density at radius 3 is 2.18 bits per heavy atom. The molecule has 0 aliphatic heterocycles. The summed E-state index contributed by atoms with van der Waals surface area (Å²) in [6, 6.07) is 10.3. The zero-order chi connectivity index (χ0) is 20.7. The van der Waals surface area contributed by atoms with Gasteiger partial charge in [0.25, 0.3) is 0 Å². The molecule has 0 heterocycles. The van der Waals surface area contributed by atoms with Crippen LogP contribution in [-0.2, 0) is 22.2 Å². The van der Waals surface area contributed by atoms with E-state index in [2.05, 4.69) is 57.2 Å². The minimum atomic E-state index is -0.111. The van der Waals surface area contributed by atoms with Gasteiger partial charge in [-0.3, -0.25) is 4.79 Å². The molecule has 0 fully saturated rings. The Bertz CT molecular complexity index is 942. The summed E-state index contributed by atoms with van der Waals surface area (Å²) >= 11 is 0. The second-order valence-corrected chi connectivity index (χ2v) is 9.33. The maximum absolute atomic E-state index is 11.7. The lowest BCUT2D eigenvalue weighted by atomic mass is 9.62. The third-order valence-corrected chi connectivity index (χ3v) is 6.13. The quantitative estimate of drug-likeness (QED) is 0.641. The summed E-state index contributed by atoms with van der Waals surface area (Å²) in [6.45, 7) is 13.0. The first-order chi connectivity index (χ1) is 13.0. The standard InChI is InChI=1S/C24H30N2O2/c1-15-11-20-21(24(5,6)10-9-23(20,3)4)13-18(15)19-12-17(14-25-28)7-8-22(19)26-16(2)27/h7-8,11-13H,9-10,14H2,1-6H3,(H,26,27). The highest BCUT2D eigenvalue weighted by Gasteiger charge is 2.37. The molecule has 0 radical (unpaired) electrons. The number of nitrogens with zero attached hydrogens (tertiary/aromatic N) is 1. The number of carbonyl (C=O) groups is 1. The van der Waals surface area contributed by atoms with Crippen molar-refractivity contribution in [2.75, 3.05) is 5.32 Å². The van der Waals surface area contributed by atoms with Crippen LogP contribution in [0.25, 0.3) is 11.1 Å². The van der Waals surface area contributed by atoms with Crippen LogP contribution in [0.4, 0.5) is 5.69 Å².